The SMILES string of the molecule is O=C(Nc1cccc(Cl)c1)[C@@H]1CSC(c2cccnc2)N1. The molecular formula is C15H14ClN3OS. The van der Waals surface area contributed by atoms with Gasteiger partial charge in [0, 0.05) is 28.9 Å². The minimum atomic E-state index is -0.223. The van der Waals surface area contributed by atoms with E-state index in [4.69, 9.17) is 11.6 Å². The van der Waals surface area contributed by atoms with Crippen LogP contribution in [-0.4, -0.2) is 22.7 Å². The van der Waals surface area contributed by atoms with Gasteiger partial charge in [0.05, 0.1) is 11.4 Å². The summed E-state index contributed by atoms with van der Waals surface area (Å²) in [5, 5.41) is 6.91. The van der Waals surface area contributed by atoms with Crippen molar-refractivity contribution in [3.05, 3.63) is 59.4 Å². The molecule has 0 aliphatic carbocycles. The quantitative estimate of drug-likeness (QED) is 0.913. The van der Waals surface area contributed by atoms with Crippen molar-refractivity contribution in [2.45, 2.75) is 11.4 Å². The standard InChI is InChI=1S/C15H14ClN3OS/c16-11-4-1-5-12(7-11)18-14(20)13-9-21-15(19-13)10-3-2-6-17-8-10/h1-8,13,15,19H,9H2,(H,18,20)/t13-,15?/m0/s1. The molecule has 21 heavy (non-hydrogen) atoms. The lowest BCUT2D eigenvalue weighted by Gasteiger charge is -2.13. The number of thioether (sulfide) groups is 1. The predicted octanol–water partition coefficient (Wildman–Crippen LogP) is 3.08. The third-order valence-electron chi connectivity index (χ3n) is 3.18. The van der Waals surface area contributed by atoms with Gasteiger partial charge in [0.25, 0.3) is 0 Å². The minimum Gasteiger partial charge on any atom is -0.325 e. The van der Waals surface area contributed by atoms with Crippen LogP contribution in [0, 0.1) is 0 Å². The zero-order chi connectivity index (χ0) is 14.7. The van der Waals surface area contributed by atoms with Crippen LogP contribution in [0.5, 0.6) is 0 Å². The lowest BCUT2D eigenvalue weighted by atomic mass is 10.2. The Balaban J connectivity index is 1.62. The second-order valence-electron chi connectivity index (χ2n) is 4.72. The van der Waals surface area contributed by atoms with Crippen molar-refractivity contribution in [2.75, 3.05) is 11.1 Å². The van der Waals surface area contributed by atoms with Crippen LogP contribution in [0.3, 0.4) is 0 Å². The molecule has 4 nitrogen and oxygen atoms in total. The van der Waals surface area contributed by atoms with Crippen LogP contribution in [-0.2, 0) is 4.79 Å². The minimum absolute atomic E-state index is 0.0452. The summed E-state index contributed by atoms with van der Waals surface area (Å²) < 4.78 is 0. The Kier molecular flexibility index (Phi) is 4.43. The highest BCUT2D eigenvalue weighted by Gasteiger charge is 2.30. The molecule has 0 bridgehead atoms. The fourth-order valence-corrected chi connectivity index (χ4v) is 3.56. The zero-order valence-electron chi connectivity index (χ0n) is 11.1. The van der Waals surface area contributed by atoms with Crippen molar-refractivity contribution in [3.8, 4) is 0 Å². The largest absolute Gasteiger partial charge is 0.325 e. The molecule has 1 aliphatic rings. The maximum atomic E-state index is 12.3. The summed E-state index contributed by atoms with van der Waals surface area (Å²) in [4.78, 5) is 16.4. The van der Waals surface area contributed by atoms with Gasteiger partial charge in [-0.15, -0.1) is 11.8 Å². The average molecular weight is 320 g/mol. The Hall–Kier alpha value is -1.56. The summed E-state index contributed by atoms with van der Waals surface area (Å²) >= 11 is 7.62. The van der Waals surface area contributed by atoms with Crippen LogP contribution in [0.25, 0.3) is 0 Å². The number of aromatic nitrogens is 1. The number of halogens is 1. The van der Waals surface area contributed by atoms with E-state index in [1.54, 1.807) is 30.1 Å². The number of hydrogen-bond acceptors (Lipinski definition) is 4. The summed E-state index contributed by atoms with van der Waals surface area (Å²) in [7, 11) is 0. The third-order valence-corrected chi connectivity index (χ3v) is 4.68. The number of amides is 1. The van der Waals surface area contributed by atoms with Crippen molar-refractivity contribution in [3.63, 3.8) is 0 Å². The molecule has 2 heterocycles. The van der Waals surface area contributed by atoms with Crippen molar-refractivity contribution in [2.24, 2.45) is 0 Å². The van der Waals surface area contributed by atoms with Gasteiger partial charge in [-0.1, -0.05) is 23.7 Å². The maximum Gasteiger partial charge on any atom is 0.242 e. The molecule has 1 amide bonds. The van der Waals surface area contributed by atoms with Gasteiger partial charge in [0.15, 0.2) is 0 Å². The predicted molar refractivity (Wildman–Crippen MR) is 86.4 cm³/mol. The maximum absolute atomic E-state index is 12.3. The summed E-state index contributed by atoms with van der Waals surface area (Å²) in [6.07, 6.45) is 3.56. The molecule has 2 aromatic rings. The number of hydrogen-bond donors (Lipinski definition) is 2. The fourth-order valence-electron chi connectivity index (χ4n) is 2.14. The van der Waals surface area contributed by atoms with Crippen LogP contribution in [0.15, 0.2) is 48.8 Å². The van der Waals surface area contributed by atoms with Crippen molar-refractivity contribution in [1.29, 1.82) is 0 Å². The Labute approximate surface area is 132 Å². The van der Waals surface area contributed by atoms with Gasteiger partial charge >= 0.3 is 0 Å². The number of carbonyl (C=O) groups excluding carboxylic acids is 1. The molecule has 0 spiro atoms. The van der Waals surface area contributed by atoms with Crippen molar-refractivity contribution < 1.29 is 4.79 Å². The van der Waals surface area contributed by atoms with E-state index in [1.165, 1.54) is 0 Å². The van der Waals surface area contributed by atoms with E-state index in [1.807, 2.05) is 30.5 Å². The highest BCUT2D eigenvalue weighted by atomic mass is 35.5. The molecule has 0 radical (unpaired) electrons. The first-order chi connectivity index (χ1) is 10.2. The van der Waals surface area contributed by atoms with Crippen LogP contribution >= 0.6 is 23.4 Å². The van der Waals surface area contributed by atoms with Gasteiger partial charge < -0.3 is 5.32 Å². The Morgan fingerprint density at radius 3 is 3.05 bits per heavy atom. The van der Waals surface area contributed by atoms with Crippen LogP contribution in [0.4, 0.5) is 5.69 Å². The third kappa shape index (κ3) is 3.56. The Bertz CT molecular complexity index is 638. The molecule has 1 saturated heterocycles. The van der Waals surface area contributed by atoms with Crippen molar-refractivity contribution >= 4 is 35.0 Å². The van der Waals surface area contributed by atoms with Gasteiger partial charge in [-0.05, 0) is 29.8 Å². The van der Waals surface area contributed by atoms with Gasteiger partial charge in [0.2, 0.25) is 5.91 Å². The number of rotatable bonds is 3. The van der Waals surface area contributed by atoms with E-state index in [9.17, 15) is 4.79 Å². The number of nitrogens with zero attached hydrogens (tertiary/aromatic N) is 1. The Morgan fingerprint density at radius 2 is 2.29 bits per heavy atom. The first-order valence-electron chi connectivity index (χ1n) is 6.56. The van der Waals surface area contributed by atoms with Crippen molar-refractivity contribution in [1.82, 2.24) is 10.3 Å². The topological polar surface area (TPSA) is 54.0 Å². The zero-order valence-corrected chi connectivity index (χ0v) is 12.7. The molecule has 1 fully saturated rings. The van der Waals surface area contributed by atoms with Gasteiger partial charge in [0.1, 0.15) is 0 Å². The van der Waals surface area contributed by atoms with E-state index < -0.39 is 0 Å². The fraction of sp³-hybridized carbons (Fsp3) is 0.200. The molecule has 1 aliphatic heterocycles. The summed E-state index contributed by atoms with van der Waals surface area (Å²) in [6.45, 7) is 0. The molecule has 2 N–H and O–H groups in total. The number of benzene rings is 1. The number of nitrogens with one attached hydrogen (secondary N) is 2. The lowest BCUT2D eigenvalue weighted by Crippen LogP contribution is -2.38. The summed E-state index contributed by atoms with van der Waals surface area (Å²) in [5.41, 5.74) is 1.80. The average Bonchev–Trinajstić information content (AvgIpc) is 2.98. The molecule has 108 valence electrons. The first-order valence-corrected chi connectivity index (χ1v) is 7.99. The number of pyridine rings is 1. The van der Waals surface area contributed by atoms with E-state index in [2.05, 4.69) is 15.6 Å². The van der Waals surface area contributed by atoms with Crippen LogP contribution in [0.2, 0.25) is 5.02 Å². The van der Waals surface area contributed by atoms with Gasteiger partial charge in [-0.3, -0.25) is 15.1 Å². The summed E-state index contributed by atoms with van der Waals surface area (Å²) in [6, 6.07) is 10.8. The molecule has 1 aromatic carbocycles. The van der Waals surface area contributed by atoms with Gasteiger partial charge in [-0.25, -0.2) is 0 Å². The number of carbonyl (C=O) groups is 1. The molecular weight excluding hydrogens is 306 g/mol. The molecule has 6 heteroatoms. The molecule has 3 rings (SSSR count). The smallest absolute Gasteiger partial charge is 0.242 e. The van der Waals surface area contributed by atoms with E-state index >= 15 is 0 Å². The lowest BCUT2D eigenvalue weighted by molar-refractivity contribution is -0.117. The van der Waals surface area contributed by atoms with Crippen LogP contribution < -0.4 is 10.6 Å². The molecule has 1 aromatic heterocycles. The van der Waals surface area contributed by atoms with E-state index in [-0.39, 0.29) is 17.3 Å². The highest BCUT2D eigenvalue weighted by molar-refractivity contribution is 7.99. The molecule has 2 atom stereocenters. The Morgan fingerprint density at radius 1 is 1.38 bits per heavy atom. The van der Waals surface area contributed by atoms with Gasteiger partial charge in [-0.2, -0.15) is 0 Å². The first kappa shape index (κ1) is 14.4. The number of anilines is 1. The van der Waals surface area contributed by atoms with Crippen LogP contribution in [0.1, 0.15) is 10.9 Å². The van der Waals surface area contributed by atoms with E-state index in [0.717, 1.165) is 11.3 Å². The molecule has 1 unspecified atom stereocenters. The second kappa shape index (κ2) is 6.47. The monoisotopic (exact) mass is 319 g/mol. The molecule has 0 saturated carbocycles. The van der Waals surface area contributed by atoms with E-state index in [0.29, 0.717) is 10.7 Å². The normalized spacial score (nSPS) is 21.2. The second-order valence-corrected chi connectivity index (χ2v) is 6.29. The summed E-state index contributed by atoms with van der Waals surface area (Å²) in [5.74, 6) is 0.683. The highest BCUT2D eigenvalue weighted by Crippen LogP contribution is 2.32.